The predicted molar refractivity (Wildman–Crippen MR) is 123 cm³/mol. The van der Waals surface area contributed by atoms with Crippen LogP contribution in [0.5, 0.6) is 5.75 Å². The van der Waals surface area contributed by atoms with Crippen molar-refractivity contribution in [3.63, 3.8) is 0 Å². The van der Waals surface area contributed by atoms with Gasteiger partial charge in [-0.2, -0.15) is 5.10 Å². The van der Waals surface area contributed by atoms with E-state index in [1.807, 2.05) is 0 Å². The van der Waals surface area contributed by atoms with Gasteiger partial charge in [-0.3, -0.25) is 15.0 Å². The van der Waals surface area contributed by atoms with Crippen LogP contribution in [0.25, 0.3) is 11.0 Å². The molecular weight excluding hydrogens is 519 g/mol. The van der Waals surface area contributed by atoms with Gasteiger partial charge in [0, 0.05) is 17.8 Å². The van der Waals surface area contributed by atoms with Crippen LogP contribution >= 0.6 is 11.6 Å². The summed E-state index contributed by atoms with van der Waals surface area (Å²) in [4.78, 5) is 26.8. The largest absolute Gasteiger partial charge is 0.573 e. The van der Waals surface area contributed by atoms with Crippen LogP contribution in [0.3, 0.4) is 0 Å². The van der Waals surface area contributed by atoms with Gasteiger partial charge in [-0.15, -0.1) is 18.3 Å². The Labute approximate surface area is 210 Å². The smallest absolute Gasteiger partial charge is 0.445 e. The minimum absolute atomic E-state index is 0.113. The Morgan fingerprint density at radius 3 is 2.78 bits per heavy atom. The second-order valence-corrected chi connectivity index (χ2v) is 8.47. The molecule has 0 bridgehead atoms. The standard InChI is InChI=1S/C22H17ClF3N7O4/c23-14-7-11(1-4-18(14)37-22(24,25)26)10-36-21(35)33-6-5-13-17(9-33)28-31-19(13)20(34)27-12-2-3-15-16(8-12)30-32-29-15/h1-4,7-8H,5-6,9-10H2,(H,27,34)(H,28,31)(H,29,30,32). The zero-order valence-corrected chi connectivity index (χ0v) is 19.5. The molecule has 4 aromatic rings. The fourth-order valence-corrected chi connectivity index (χ4v) is 4.09. The molecule has 0 saturated carbocycles. The summed E-state index contributed by atoms with van der Waals surface area (Å²) in [5, 5.41) is 19.8. The van der Waals surface area contributed by atoms with Crippen molar-refractivity contribution in [1.29, 1.82) is 0 Å². The van der Waals surface area contributed by atoms with E-state index in [9.17, 15) is 22.8 Å². The third kappa shape index (κ3) is 5.43. The number of hydrogen-bond donors (Lipinski definition) is 3. The summed E-state index contributed by atoms with van der Waals surface area (Å²) in [5.41, 5.74) is 3.76. The number of carbonyl (C=O) groups is 2. The summed E-state index contributed by atoms with van der Waals surface area (Å²) < 4.78 is 46.2. The number of fused-ring (bicyclic) bond motifs is 2. The number of nitrogens with one attached hydrogen (secondary N) is 3. The second-order valence-electron chi connectivity index (χ2n) is 8.06. The molecule has 1 aliphatic heterocycles. The SMILES string of the molecule is O=C(Nc1ccc2[nH]nnc2c1)c1[nH]nc2c1CCN(C(=O)OCc1ccc(OC(F)(F)F)c(Cl)c1)C2. The van der Waals surface area contributed by atoms with Gasteiger partial charge in [0.25, 0.3) is 5.91 Å². The average Bonchev–Trinajstić information content (AvgIpc) is 3.49. The van der Waals surface area contributed by atoms with Crippen molar-refractivity contribution in [2.24, 2.45) is 0 Å². The average molecular weight is 536 g/mol. The molecule has 37 heavy (non-hydrogen) atoms. The van der Waals surface area contributed by atoms with Crippen LogP contribution in [0.2, 0.25) is 5.02 Å². The number of aromatic amines is 2. The highest BCUT2D eigenvalue weighted by Crippen LogP contribution is 2.31. The molecule has 5 rings (SSSR count). The van der Waals surface area contributed by atoms with Gasteiger partial charge in [-0.05, 0) is 42.3 Å². The summed E-state index contributed by atoms with van der Waals surface area (Å²) in [6.07, 6.45) is -5.16. The van der Waals surface area contributed by atoms with Gasteiger partial charge < -0.3 is 19.7 Å². The molecule has 11 nitrogen and oxygen atoms in total. The van der Waals surface area contributed by atoms with E-state index in [1.165, 1.54) is 17.0 Å². The first kappa shape index (κ1) is 24.4. The first-order valence-corrected chi connectivity index (χ1v) is 11.2. The third-order valence-corrected chi connectivity index (χ3v) is 5.87. The van der Waals surface area contributed by atoms with E-state index in [0.717, 1.165) is 11.6 Å². The molecule has 2 aromatic heterocycles. The molecule has 3 N–H and O–H groups in total. The van der Waals surface area contributed by atoms with Crippen molar-refractivity contribution in [2.45, 2.75) is 25.9 Å². The highest BCUT2D eigenvalue weighted by Gasteiger charge is 2.32. The van der Waals surface area contributed by atoms with Crippen molar-refractivity contribution in [3.8, 4) is 5.75 Å². The molecule has 2 aromatic carbocycles. The molecule has 0 unspecified atom stereocenters. The van der Waals surface area contributed by atoms with Gasteiger partial charge >= 0.3 is 12.5 Å². The highest BCUT2D eigenvalue weighted by atomic mass is 35.5. The summed E-state index contributed by atoms with van der Waals surface area (Å²) in [6, 6.07) is 8.73. The van der Waals surface area contributed by atoms with E-state index in [0.29, 0.717) is 40.1 Å². The van der Waals surface area contributed by atoms with Crippen molar-refractivity contribution in [1.82, 2.24) is 30.5 Å². The first-order valence-electron chi connectivity index (χ1n) is 10.8. The van der Waals surface area contributed by atoms with Crippen LogP contribution in [0.1, 0.15) is 27.3 Å². The molecule has 3 heterocycles. The van der Waals surface area contributed by atoms with E-state index in [-0.39, 0.29) is 30.6 Å². The van der Waals surface area contributed by atoms with Crippen LogP contribution in [0, 0.1) is 0 Å². The monoisotopic (exact) mass is 535 g/mol. The Balaban J connectivity index is 1.18. The maximum Gasteiger partial charge on any atom is 0.573 e. The number of benzene rings is 2. The summed E-state index contributed by atoms with van der Waals surface area (Å²) in [5.74, 6) is -0.938. The molecule has 0 radical (unpaired) electrons. The number of H-pyrrole nitrogens is 2. The molecule has 0 atom stereocenters. The van der Waals surface area contributed by atoms with Crippen molar-refractivity contribution < 1.29 is 32.2 Å². The number of amides is 2. The van der Waals surface area contributed by atoms with Crippen LogP contribution in [0.15, 0.2) is 36.4 Å². The van der Waals surface area contributed by atoms with Crippen molar-refractivity contribution in [3.05, 3.63) is 63.9 Å². The van der Waals surface area contributed by atoms with E-state index >= 15 is 0 Å². The minimum Gasteiger partial charge on any atom is -0.445 e. The molecule has 192 valence electrons. The van der Waals surface area contributed by atoms with Gasteiger partial charge in [0.05, 0.1) is 22.8 Å². The number of nitrogens with zero attached hydrogens (tertiary/aromatic N) is 4. The number of halogens is 4. The zero-order valence-electron chi connectivity index (χ0n) is 18.7. The molecule has 0 saturated heterocycles. The molecule has 0 aliphatic carbocycles. The fourth-order valence-electron chi connectivity index (χ4n) is 3.84. The number of ether oxygens (including phenoxy) is 2. The Kier molecular flexibility index (Phi) is 6.33. The van der Waals surface area contributed by atoms with Crippen LogP contribution in [0.4, 0.5) is 23.7 Å². The number of carbonyl (C=O) groups excluding carboxylic acids is 2. The van der Waals surface area contributed by atoms with Crippen LogP contribution in [-0.4, -0.2) is 55.4 Å². The quantitative estimate of drug-likeness (QED) is 0.348. The third-order valence-electron chi connectivity index (χ3n) is 5.58. The molecule has 2 amide bonds. The molecule has 15 heteroatoms. The summed E-state index contributed by atoms with van der Waals surface area (Å²) >= 11 is 5.83. The number of alkyl halides is 3. The number of anilines is 1. The van der Waals surface area contributed by atoms with E-state index < -0.39 is 18.2 Å². The molecular formula is C22H17ClF3N7O4. The lowest BCUT2D eigenvalue weighted by Crippen LogP contribution is -2.36. The molecule has 0 fully saturated rings. The van der Waals surface area contributed by atoms with Gasteiger partial charge in [-0.1, -0.05) is 22.9 Å². The Bertz CT molecular complexity index is 1490. The minimum atomic E-state index is -4.87. The molecule has 1 aliphatic rings. The lowest BCUT2D eigenvalue weighted by Gasteiger charge is -2.25. The van der Waals surface area contributed by atoms with Gasteiger partial charge in [0.2, 0.25) is 0 Å². The van der Waals surface area contributed by atoms with E-state index in [4.69, 9.17) is 16.3 Å². The Morgan fingerprint density at radius 1 is 1.16 bits per heavy atom. The number of rotatable bonds is 5. The number of hydrogen-bond acceptors (Lipinski definition) is 7. The second kappa shape index (κ2) is 9.61. The lowest BCUT2D eigenvalue weighted by atomic mass is 10.0. The normalized spacial score (nSPS) is 13.4. The maximum absolute atomic E-state index is 12.8. The predicted octanol–water partition coefficient (Wildman–Crippen LogP) is 4.18. The summed E-state index contributed by atoms with van der Waals surface area (Å²) in [6.45, 7) is 0.177. The Hall–Kier alpha value is -4.33. The lowest BCUT2D eigenvalue weighted by molar-refractivity contribution is -0.274. The maximum atomic E-state index is 12.8. The van der Waals surface area contributed by atoms with E-state index in [1.54, 1.807) is 18.2 Å². The first-order chi connectivity index (χ1) is 17.7. The fraction of sp³-hybridized carbons (Fsp3) is 0.227. The van der Waals surface area contributed by atoms with Crippen molar-refractivity contribution >= 4 is 40.3 Å². The van der Waals surface area contributed by atoms with Crippen LogP contribution in [-0.2, 0) is 24.3 Å². The van der Waals surface area contributed by atoms with E-state index in [2.05, 4.69) is 35.7 Å². The summed E-state index contributed by atoms with van der Waals surface area (Å²) in [7, 11) is 0. The topological polar surface area (TPSA) is 138 Å². The van der Waals surface area contributed by atoms with Gasteiger partial charge in [-0.25, -0.2) is 4.79 Å². The van der Waals surface area contributed by atoms with Crippen LogP contribution < -0.4 is 10.1 Å². The zero-order chi connectivity index (χ0) is 26.2. The Morgan fingerprint density at radius 2 is 2.00 bits per heavy atom. The number of aromatic nitrogens is 5. The highest BCUT2D eigenvalue weighted by molar-refractivity contribution is 6.32. The van der Waals surface area contributed by atoms with Crippen molar-refractivity contribution in [2.75, 3.05) is 11.9 Å². The molecule has 0 spiro atoms. The van der Waals surface area contributed by atoms with Gasteiger partial charge in [0.1, 0.15) is 23.6 Å². The van der Waals surface area contributed by atoms with Gasteiger partial charge in [0.15, 0.2) is 0 Å².